The van der Waals surface area contributed by atoms with E-state index < -0.39 is 23.0 Å². The first kappa shape index (κ1) is 22.9. The molecule has 35 heavy (non-hydrogen) atoms. The summed E-state index contributed by atoms with van der Waals surface area (Å²) in [6.45, 7) is 4.27. The predicted molar refractivity (Wildman–Crippen MR) is 123 cm³/mol. The minimum atomic E-state index is -3.02. The lowest BCUT2D eigenvalue weighted by Crippen LogP contribution is -2.31. The Balaban J connectivity index is 1.73. The van der Waals surface area contributed by atoms with E-state index in [0.29, 0.717) is 42.1 Å². The Morgan fingerprint density at radius 3 is 2.66 bits per heavy atom. The van der Waals surface area contributed by atoms with Crippen LogP contribution in [-0.4, -0.2) is 38.7 Å². The van der Waals surface area contributed by atoms with Gasteiger partial charge in [0.05, 0.1) is 34.2 Å². The largest absolute Gasteiger partial charge is 0.490 e. The lowest BCUT2D eigenvalue weighted by atomic mass is 9.87. The number of hydrogen-bond acceptors (Lipinski definition) is 5. The molecule has 0 N–H and O–H groups in total. The Kier molecular flexibility index (Phi) is 5.31. The molecule has 0 radical (unpaired) electrons. The van der Waals surface area contributed by atoms with Crippen molar-refractivity contribution in [3.8, 4) is 17.6 Å². The summed E-state index contributed by atoms with van der Waals surface area (Å²) >= 11 is 0. The average molecular weight is 483 g/mol. The number of ether oxygens (including phenoxy) is 1. The Hall–Kier alpha value is -3.87. The van der Waals surface area contributed by atoms with Gasteiger partial charge in [-0.15, -0.1) is 10.2 Å². The van der Waals surface area contributed by atoms with Crippen molar-refractivity contribution < 1.29 is 22.3 Å². The molecule has 0 fully saturated rings. The molecule has 1 aliphatic rings. The first-order valence-corrected chi connectivity index (χ1v) is 11.0. The SMILES string of the molecule is CC(F)(F)C(C)(C)C#Cc1cccc2c1OCCCN2c1nc2nncn2c2ccc(F)c(F)c12. The van der Waals surface area contributed by atoms with Gasteiger partial charge < -0.3 is 9.64 Å². The average Bonchev–Trinajstić information content (AvgIpc) is 3.17. The monoisotopic (exact) mass is 483 g/mol. The van der Waals surface area contributed by atoms with Gasteiger partial charge in [-0.3, -0.25) is 4.40 Å². The third-order valence-corrected chi connectivity index (χ3v) is 6.21. The fraction of sp³-hybridized carbons (Fsp3) is 0.320. The van der Waals surface area contributed by atoms with Crippen LogP contribution < -0.4 is 9.64 Å². The van der Waals surface area contributed by atoms with Gasteiger partial charge in [-0.2, -0.15) is 4.98 Å². The van der Waals surface area contributed by atoms with Gasteiger partial charge in [-0.25, -0.2) is 17.6 Å². The third-order valence-electron chi connectivity index (χ3n) is 6.21. The maximum atomic E-state index is 15.1. The van der Waals surface area contributed by atoms with E-state index in [1.165, 1.54) is 30.6 Å². The number of halogens is 4. The van der Waals surface area contributed by atoms with E-state index in [1.807, 2.05) is 0 Å². The fourth-order valence-electron chi connectivity index (χ4n) is 3.83. The Morgan fingerprint density at radius 1 is 1.09 bits per heavy atom. The molecule has 0 unspecified atom stereocenters. The maximum absolute atomic E-state index is 15.1. The summed E-state index contributed by atoms with van der Waals surface area (Å²) in [4.78, 5) is 6.21. The number of aromatic nitrogens is 4. The highest BCUT2D eigenvalue weighted by atomic mass is 19.3. The van der Waals surface area contributed by atoms with Crippen LogP contribution in [0.2, 0.25) is 0 Å². The Morgan fingerprint density at radius 2 is 1.89 bits per heavy atom. The van der Waals surface area contributed by atoms with E-state index in [1.54, 1.807) is 23.1 Å². The zero-order chi connectivity index (χ0) is 25.0. The standard InChI is InChI=1S/C25H21F4N5O/c1-24(2,25(3,28)29)11-10-15-6-4-7-18-21(15)35-13-5-12-33(18)22-19-17(9-8-16(26)20(19)27)34-14-30-32-23(34)31-22/h4,6-9,14H,5,12-13H2,1-3H3. The molecule has 1 aliphatic heterocycles. The number of rotatable bonds is 2. The van der Waals surface area contributed by atoms with Crippen LogP contribution in [0.15, 0.2) is 36.7 Å². The number of anilines is 2. The van der Waals surface area contributed by atoms with Gasteiger partial charge in [-0.05, 0) is 44.5 Å². The molecule has 0 saturated carbocycles. The molecule has 0 aliphatic carbocycles. The van der Waals surface area contributed by atoms with E-state index in [4.69, 9.17) is 4.74 Å². The summed E-state index contributed by atoms with van der Waals surface area (Å²) in [6, 6.07) is 7.60. The first-order valence-electron chi connectivity index (χ1n) is 11.0. The van der Waals surface area contributed by atoms with E-state index >= 15 is 4.39 Å². The van der Waals surface area contributed by atoms with Crippen LogP contribution in [0.4, 0.5) is 29.1 Å². The zero-order valence-electron chi connectivity index (χ0n) is 19.2. The highest BCUT2D eigenvalue weighted by Gasteiger charge is 2.40. The summed E-state index contributed by atoms with van der Waals surface area (Å²) in [5, 5.41) is 7.80. The molecule has 4 aromatic rings. The normalized spacial score (nSPS) is 14.3. The predicted octanol–water partition coefficient (Wildman–Crippen LogP) is 5.51. The van der Waals surface area contributed by atoms with Gasteiger partial charge in [0.25, 0.3) is 11.7 Å². The van der Waals surface area contributed by atoms with Crippen LogP contribution >= 0.6 is 0 Å². The van der Waals surface area contributed by atoms with Gasteiger partial charge in [0.2, 0.25) is 0 Å². The molecule has 3 heterocycles. The van der Waals surface area contributed by atoms with Gasteiger partial charge in [-0.1, -0.05) is 17.9 Å². The number of para-hydroxylation sites is 1. The molecule has 180 valence electrons. The van der Waals surface area contributed by atoms with Crippen molar-refractivity contribution in [3.63, 3.8) is 0 Å². The van der Waals surface area contributed by atoms with Crippen LogP contribution in [0.3, 0.4) is 0 Å². The summed E-state index contributed by atoms with van der Waals surface area (Å²) in [5.74, 6) is 1.15. The fourth-order valence-corrected chi connectivity index (χ4v) is 3.83. The first-order chi connectivity index (χ1) is 16.6. The molecule has 0 atom stereocenters. The smallest absolute Gasteiger partial charge is 0.261 e. The van der Waals surface area contributed by atoms with E-state index in [9.17, 15) is 13.2 Å². The second-order valence-electron chi connectivity index (χ2n) is 8.96. The molecule has 6 nitrogen and oxygen atoms in total. The minimum absolute atomic E-state index is 0.0339. The molecule has 0 saturated heterocycles. The highest BCUT2D eigenvalue weighted by Crippen LogP contribution is 2.41. The van der Waals surface area contributed by atoms with Crippen molar-refractivity contribution in [1.82, 2.24) is 19.6 Å². The Labute approximate surface area is 198 Å². The molecule has 5 rings (SSSR count). The lowest BCUT2D eigenvalue weighted by Gasteiger charge is -2.26. The van der Waals surface area contributed by atoms with Crippen LogP contribution in [-0.2, 0) is 0 Å². The molecule has 0 spiro atoms. The number of hydrogen-bond donors (Lipinski definition) is 0. The quantitative estimate of drug-likeness (QED) is 0.278. The van der Waals surface area contributed by atoms with Crippen molar-refractivity contribution in [3.05, 3.63) is 53.9 Å². The molecule has 0 amide bonds. The van der Waals surface area contributed by atoms with Crippen LogP contribution in [0.5, 0.6) is 5.75 Å². The van der Waals surface area contributed by atoms with Gasteiger partial charge >= 0.3 is 0 Å². The van der Waals surface area contributed by atoms with Crippen LogP contribution in [0, 0.1) is 28.9 Å². The van der Waals surface area contributed by atoms with Crippen LogP contribution in [0.25, 0.3) is 16.7 Å². The lowest BCUT2D eigenvalue weighted by molar-refractivity contribution is -0.0585. The summed E-state index contributed by atoms with van der Waals surface area (Å²) in [6.07, 6.45) is 1.92. The molecule has 10 heteroatoms. The van der Waals surface area contributed by atoms with Gasteiger partial charge in [0.1, 0.15) is 12.1 Å². The molecule has 0 bridgehead atoms. The van der Waals surface area contributed by atoms with Gasteiger partial charge in [0.15, 0.2) is 17.4 Å². The molecule has 2 aromatic heterocycles. The van der Waals surface area contributed by atoms with E-state index in [-0.39, 0.29) is 17.0 Å². The summed E-state index contributed by atoms with van der Waals surface area (Å²) in [7, 11) is 0. The van der Waals surface area contributed by atoms with Crippen molar-refractivity contribution >= 4 is 28.2 Å². The van der Waals surface area contributed by atoms with Crippen LogP contribution in [0.1, 0.15) is 32.8 Å². The van der Waals surface area contributed by atoms with Crippen molar-refractivity contribution in [1.29, 1.82) is 0 Å². The number of benzene rings is 2. The molecular formula is C25H21F4N5O. The summed E-state index contributed by atoms with van der Waals surface area (Å²) in [5.41, 5.74) is -0.302. The minimum Gasteiger partial charge on any atom is -0.490 e. The maximum Gasteiger partial charge on any atom is 0.261 e. The molecule has 2 aromatic carbocycles. The second kappa shape index (κ2) is 8.12. The third kappa shape index (κ3) is 3.81. The zero-order valence-corrected chi connectivity index (χ0v) is 19.2. The number of alkyl halides is 2. The highest BCUT2D eigenvalue weighted by molar-refractivity contribution is 5.95. The van der Waals surface area contributed by atoms with E-state index in [2.05, 4.69) is 27.0 Å². The summed E-state index contributed by atoms with van der Waals surface area (Å²) < 4.78 is 64.9. The number of fused-ring (bicyclic) bond motifs is 4. The second-order valence-corrected chi connectivity index (χ2v) is 8.96. The Bertz CT molecular complexity index is 1510. The van der Waals surface area contributed by atoms with Crippen molar-refractivity contribution in [2.75, 3.05) is 18.1 Å². The topological polar surface area (TPSA) is 55.5 Å². The van der Waals surface area contributed by atoms with Gasteiger partial charge in [0, 0.05) is 13.5 Å². The van der Waals surface area contributed by atoms with E-state index in [0.717, 1.165) is 13.0 Å². The number of nitrogens with zero attached hydrogens (tertiary/aromatic N) is 5. The molecular weight excluding hydrogens is 462 g/mol. The van der Waals surface area contributed by atoms with Crippen molar-refractivity contribution in [2.45, 2.75) is 33.1 Å². The van der Waals surface area contributed by atoms with Crippen molar-refractivity contribution in [2.24, 2.45) is 5.41 Å².